The second kappa shape index (κ2) is 6.07. The van der Waals surface area contributed by atoms with Gasteiger partial charge in [-0.1, -0.05) is 66.2 Å². The van der Waals surface area contributed by atoms with Crippen molar-refractivity contribution in [3.63, 3.8) is 0 Å². The number of hydrogen-bond donors (Lipinski definition) is 0. The molecule has 0 heterocycles. The molecule has 0 bridgehead atoms. The quantitative estimate of drug-likeness (QED) is 0.553. The third-order valence-electron chi connectivity index (χ3n) is 4.14. The van der Waals surface area contributed by atoms with Crippen LogP contribution >= 0.6 is 9.24 Å². The largest absolute Gasteiger partial charge is 0.106 e. The van der Waals surface area contributed by atoms with Crippen LogP contribution in [0, 0.1) is 20.8 Å². The lowest BCUT2D eigenvalue weighted by Crippen LogP contribution is -1.93. The molecule has 3 aromatic rings. The number of hydrogen-bond acceptors (Lipinski definition) is 0. The summed E-state index contributed by atoms with van der Waals surface area (Å²) in [7, 11) is 2.75. The molecule has 0 saturated carbocycles. The van der Waals surface area contributed by atoms with Gasteiger partial charge < -0.3 is 0 Å². The first kappa shape index (κ1) is 15.0. The minimum Gasteiger partial charge on any atom is -0.106 e. The van der Waals surface area contributed by atoms with Crippen LogP contribution in [0.15, 0.2) is 60.7 Å². The lowest BCUT2D eigenvalue weighted by molar-refractivity contribution is 1.38. The predicted molar refractivity (Wildman–Crippen MR) is 101 cm³/mol. The van der Waals surface area contributed by atoms with Crippen molar-refractivity contribution in [2.24, 2.45) is 0 Å². The second-order valence-electron chi connectivity index (χ2n) is 5.97. The summed E-state index contributed by atoms with van der Waals surface area (Å²) in [5.74, 6) is 0. The fourth-order valence-electron chi connectivity index (χ4n) is 2.98. The fraction of sp³-hybridized carbons (Fsp3) is 0.143. The monoisotopic (exact) mass is 304 g/mol. The molecule has 3 aromatic carbocycles. The number of aryl methyl sites for hydroxylation is 3. The molecule has 0 aliphatic carbocycles. The van der Waals surface area contributed by atoms with Crippen molar-refractivity contribution in [1.82, 2.24) is 0 Å². The van der Waals surface area contributed by atoms with Crippen molar-refractivity contribution in [2.45, 2.75) is 20.8 Å². The molecule has 0 fully saturated rings. The lowest BCUT2D eigenvalue weighted by Gasteiger charge is -2.10. The first-order valence-electron chi connectivity index (χ1n) is 7.59. The van der Waals surface area contributed by atoms with Gasteiger partial charge in [-0.05, 0) is 59.5 Å². The Morgan fingerprint density at radius 2 is 1.09 bits per heavy atom. The average Bonchev–Trinajstić information content (AvgIpc) is 2.48. The van der Waals surface area contributed by atoms with E-state index in [1.807, 2.05) is 0 Å². The Hall–Kier alpha value is -1.91. The van der Waals surface area contributed by atoms with Crippen molar-refractivity contribution >= 4 is 14.5 Å². The Morgan fingerprint density at radius 1 is 0.591 bits per heavy atom. The highest BCUT2D eigenvalue weighted by atomic mass is 31.0. The van der Waals surface area contributed by atoms with Crippen LogP contribution in [0.3, 0.4) is 0 Å². The zero-order chi connectivity index (χ0) is 15.7. The summed E-state index contributed by atoms with van der Waals surface area (Å²) < 4.78 is 0. The minimum absolute atomic E-state index is 1.23. The Balaban J connectivity index is 1.99. The Bertz CT molecular complexity index is 743. The van der Waals surface area contributed by atoms with Crippen molar-refractivity contribution in [2.75, 3.05) is 0 Å². The zero-order valence-electron chi connectivity index (χ0n) is 13.4. The Kier molecular flexibility index (Phi) is 4.14. The van der Waals surface area contributed by atoms with E-state index < -0.39 is 0 Å². The number of rotatable bonds is 2. The second-order valence-corrected chi connectivity index (χ2v) is 6.64. The third kappa shape index (κ3) is 2.98. The van der Waals surface area contributed by atoms with Gasteiger partial charge in [0.15, 0.2) is 0 Å². The van der Waals surface area contributed by atoms with E-state index in [1.165, 1.54) is 44.2 Å². The summed E-state index contributed by atoms with van der Waals surface area (Å²) in [6.45, 7) is 6.48. The Labute approximate surface area is 135 Å². The maximum atomic E-state index is 2.75. The highest BCUT2D eigenvalue weighted by Crippen LogP contribution is 2.28. The predicted octanol–water partition coefficient (Wildman–Crippen LogP) is 5.45. The van der Waals surface area contributed by atoms with E-state index in [2.05, 4.69) is 90.7 Å². The molecule has 3 rings (SSSR count). The van der Waals surface area contributed by atoms with Gasteiger partial charge in [-0.25, -0.2) is 0 Å². The van der Waals surface area contributed by atoms with Crippen molar-refractivity contribution in [3.05, 3.63) is 77.4 Å². The maximum absolute atomic E-state index is 2.75. The van der Waals surface area contributed by atoms with E-state index in [1.54, 1.807) is 0 Å². The van der Waals surface area contributed by atoms with Crippen LogP contribution in [0.4, 0.5) is 0 Å². The summed E-state index contributed by atoms with van der Waals surface area (Å²) in [4.78, 5) is 0. The topological polar surface area (TPSA) is 0 Å². The van der Waals surface area contributed by atoms with E-state index >= 15 is 0 Å². The molecule has 22 heavy (non-hydrogen) atoms. The van der Waals surface area contributed by atoms with Crippen LogP contribution in [0.25, 0.3) is 22.3 Å². The van der Waals surface area contributed by atoms with Gasteiger partial charge in [-0.15, -0.1) is 9.24 Å². The van der Waals surface area contributed by atoms with Gasteiger partial charge in [0.2, 0.25) is 0 Å². The molecule has 0 aliphatic heterocycles. The summed E-state index contributed by atoms with van der Waals surface area (Å²) >= 11 is 0. The van der Waals surface area contributed by atoms with E-state index in [4.69, 9.17) is 0 Å². The molecule has 110 valence electrons. The molecular formula is C21H21P. The Morgan fingerprint density at radius 3 is 1.59 bits per heavy atom. The van der Waals surface area contributed by atoms with Crippen molar-refractivity contribution in [1.29, 1.82) is 0 Å². The summed E-state index contributed by atoms with van der Waals surface area (Å²) in [5.41, 5.74) is 9.12. The molecule has 1 heteroatoms. The van der Waals surface area contributed by atoms with Crippen LogP contribution in [0.5, 0.6) is 0 Å². The zero-order valence-corrected chi connectivity index (χ0v) is 14.5. The molecule has 0 aliphatic rings. The van der Waals surface area contributed by atoms with Gasteiger partial charge in [0.05, 0.1) is 0 Å². The molecule has 1 atom stereocenters. The molecule has 0 N–H and O–H groups in total. The standard InChI is InChI=1S/C21H21P/c1-14-4-10-20(15(2)12-14)17-5-7-18(8-6-17)21-11-9-19(22)13-16(21)3/h4-13H,22H2,1-3H3. The van der Waals surface area contributed by atoms with Crippen LogP contribution in [0.2, 0.25) is 0 Å². The lowest BCUT2D eigenvalue weighted by atomic mass is 9.95. The normalized spacial score (nSPS) is 10.7. The molecule has 0 amide bonds. The SMILES string of the molecule is Cc1ccc(-c2ccc(-c3ccc(P)cc3C)cc2)c(C)c1. The molecule has 0 aromatic heterocycles. The van der Waals surface area contributed by atoms with Gasteiger partial charge in [-0.2, -0.15) is 0 Å². The van der Waals surface area contributed by atoms with Crippen LogP contribution in [-0.2, 0) is 0 Å². The van der Waals surface area contributed by atoms with Gasteiger partial charge in [-0.3, -0.25) is 0 Å². The van der Waals surface area contributed by atoms with Gasteiger partial charge in [0.1, 0.15) is 0 Å². The first-order valence-corrected chi connectivity index (χ1v) is 8.16. The van der Waals surface area contributed by atoms with Gasteiger partial charge in [0, 0.05) is 0 Å². The summed E-state index contributed by atoms with van der Waals surface area (Å²) in [6.07, 6.45) is 0. The third-order valence-corrected chi connectivity index (χ3v) is 4.50. The molecule has 0 radical (unpaired) electrons. The van der Waals surface area contributed by atoms with Gasteiger partial charge in [0.25, 0.3) is 0 Å². The number of benzene rings is 3. The smallest absolute Gasteiger partial charge is 0.0154 e. The van der Waals surface area contributed by atoms with E-state index in [0.717, 1.165) is 0 Å². The highest BCUT2D eigenvalue weighted by molar-refractivity contribution is 7.27. The molecule has 0 spiro atoms. The molecule has 1 unspecified atom stereocenters. The molecule has 0 nitrogen and oxygen atoms in total. The maximum Gasteiger partial charge on any atom is -0.0154 e. The van der Waals surface area contributed by atoms with Crippen LogP contribution in [-0.4, -0.2) is 0 Å². The van der Waals surface area contributed by atoms with Crippen molar-refractivity contribution in [3.8, 4) is 22.3 Å². The fourth-order valence-corrected chi connectivity index (χ4v) is 3.32. The molecule has 0 saturated heterocycles. The van der Waals surface area contributed by atoms with Gasteiger partial charge >= 0.3 is 0 Å². The average molecular weight is 304 g/mol. The summed E-state index contributed by atoms with van der Waals surface area (Å²) in [6, 6.07) is 22.1. The van der Waals surface area contributed by atoms with Crippen molar-refractivity contribution < 1.29 is 0 Å². The molecular weight excluding hydrogens is 283 g/mol. The highest BCUT2D eigenvalue weighted by Gasteiger charge is 2.05. The summed E-state index contributed by atoms with van der Waals surface area (Å²) in [5, 5.41) is 1.23. The van der Waals surface area contributed by atoms with E-state index in [-0.39, 0.29) is 0 Å². The van der Waals surface area contributed by atoms with E-state index in [0.29, 0.717) is 0 Å². The van der Waals surface area contributed by atoms with E-state index in [9.17, 15) is 0 Å². The van der Waals surface area contributed by atoms with Crippen LogP contribution in [0.1, 0.15) is 16.7 Å². The first-order chi connectivity index (χ1) is 10.5. The minimum atomic E-state index is 1.23. The van der Waals surface area contributed by atoms with Crippen LogP contribution < -0.4 is 5.30 Å².